The van der Waals surface area contributed by atoms with Gasteiger partial charge in [0.05, 0.1) is 34.9 Å². The molecule has 1 aromatic carbocycles. The predicted octanol–water partition coefficient (Wildman–Crippen LogP) is 5.30. The van der Waals surface area contributed by atoms with Crippen molar-refractivity contribution in [2.24, 2.45) is 14.1 Å². The van der Waals surface area contributed by atoms with Crippen molar-refractivity contribution in [3.05, 3.63) is 57.0 Å². The Hall–Kier alpha value is -2.31. The van der Waals surface area contributed by atoms with Gasteiger partial charge < -0.3 is 4.90 Å². The number of aromatic nitrogens is 4. The molecule has 2 atom stereocenters. The van der Waals surface area contributed by atoms with E-state index in [4.69, 9.17) is 28.3 Å². The van der Waals surface area contributed by atoms with Gasteiger partial charge in [-0.25, -0.2) is 0 Å². The fourth-order valence-corrected chi connectivity index (χ4v) is 6.32. The van der Waals surface area contributed by atoms with E-state index in [1.54, 1.807) is 12.3 Å². The molecule has 1 saturated heterocycles. The standard InChI is InChI=1S/C24H25Cl2N5O/c1-29-22(13-6-7-13)19(12-27-29)24(32)31-17-4-3-5-20(31)21-18(11-17)23(30(2)28-21)14-8-15(25)10-16(26)9-14/h8-10,12-13,17,20H,3-7,11H2,1-2H3. The van der Waals surface area contributed by atoms with Crippen molar-refractivity contribution in [1.29, 1.82) is 0 Å². The van der Waals surface area contributed by atoms with Crippen LogP contribution in [0.3, 0.4) is 0 Å². The molecule has 6 nitrogen and oxygen atoms in total. The quantitative estimate of drug-likeness (QED) is 0.522. The third kappa shape index (κ3) is 3.11. The van der Waals surface area contributed by atoms with E-state index in [1.807, 2.05) is 35.6 Å². The van der Waals surface area contributed by atoms with Gasteiger partial charge in [0.25, 0.3) is 5.91 Å². The van der Waals surface area contributed by atoms with Crippen LogP contribution in [0.5, 0.6) is 0 Å². The highest BCUT2D eigenvalue weighted by Crippen LogP contribution is 2.47. The van der Waals surface area contributed by atoms with Crippen LogP contribution in [0.2, 0.25) is 10.0 Å². The number of hydrogen-bond acceptors (Lipinski definition) is 3. The molecule has 2 bridgehead atoms. The van der Waals surface area contributed by atoms with Crippen LogP contribution in [-0.4, -0.2) is 36.4 Å². The van der Waals surface area contributed by atoms with Gasteiger partial charge in [0.1, 0.15) is 0 Å². The van der Waals surface area contributed by atoms with Gasteiger partial charge in [-0.05, 0) is 56.7 Å². The molecule has 3 aromatic rings. The van der Waals surface area contributed by atoms with Gasteiger partial charge in [-0.3, -0.25) is 14.2 Å². The normalized spacial score (nSPS) is 22.2. The minimum atomic E-state index is -0.00753. The summed E-state index contributed by atoms with van der Waals surface area (Å²) >= 11 is 12.6. The predicted molar refractivity (Wildman–Crippen MR) is 124 cm³/mol. The maximum Gasteiger partial charge on any atom is 0.258 e. The molecule has 2 aliphatic heterocycles. The summed E-state index contributed by atoms with van der Waals surface area (Å²) in [6.07, 6.45) is 7.89. The zero-order valence-corrected chi connectivity index (χ0v) is 19.7. The lowest BCUT2D eigenvalue weighted by Gasteiger charge is -2.45. The second-order valence-electron chi connectivity index (χ2n) is 9.35. The van der Waals surface area contributed by atoms with Gasteiger partial charge in [0, 0.05) is 47.2 Å². The van der Waals surface area contributed by atoms with Crippen molar-refractivity contribution >= 4 is 29.1 Å². The second kappa shape index (κ2) is 7.35. The summed E-state index contributed by atoms with van der Waals surface area (Å²) in [4.78, 5) is 16.0. The van der Waals surface area contributed by atoms with E-state index in [9.17, 15) is 4.79 Å². The zero-order chi connectivity index (χ0) is 22.1. The average molecular weight is 470 g/mol. The Morgan fingerprint density at radius 2 is 1.78 bits per heavy atom. The molecule has 6 rings (SSSR count). The molecule has 8 heteroatoms. The summed E-state index contributed by atoms with van der Waals surface area (Å²) < 4.78 is 3.81. The first kappa shape index (κ1) is 20.3. The van der Waals surface area contributed by atoms with Crippen LogP contribution in [0.1, 0.15) is 71.4 Å². The molecule has 1 aliphatic carbocycles. The average Bonchev–Trinajstić information content (AvgIpc) is 3.42. The van der Waals surface area contributed by atoms with Crippen LogP contribution < -0.4 is 0 Å². The lowest BCUT2D eigenvalue weighted by molar-refractivity contribution is 0.0390. The van der Waals surface area contributed by atoms with E-state index in [0.717, 1.165) is 66.7 Å². The number of carbonyl (C=O) groups excluding carboxylic acids is 1. The van der Waals surface area contributed by atoms with E-state index in [2.05, 4.69) is 10.00 Å². The molecule has 0 radical (unpaired) electrons. The van der Waals surface area contributed by atoms with Gasteiger partial charge in [-0.15, -0.1) is 0 Å². The van der Waals surface area contributed by atoms with Crippen LogP contribution in [-0.2, 0) is 20.5 Å². The maximum atomic E-state index is 13.8. The Bertz CT molecular complexity index is 1220. The van der Waals surface area contributed by atoms with Crippen LogP contribution in [0.25, 0.3) is 11.3 Å². The van der Waals surface area contributed by atoms with Crippen molar-refractivity contribution in [1.82, 2.24) is 24.5 Å². The Balaban J connectivity index is 1.43. The Morgan fingerprint density at radius 3 is 2.50 bits per heavy atom. The van der Waals surface area contributed by atoms with Gasteiger partial charge in [0.2, 0.25) is 0 Å². The van der Waals surface area contributed by atoms with E-state index >= 15 is 0 Å². The van der Waals surface area contributed by atoms with Gasteiger partial charge in [0.15, 0.2) is 0 Å². The number of rotatable bonds is 3. The minimum absolute atomic E-state index is 0.00753. The van der Waals surface area contributed by atoms with Crippen LogP contribution in [0, 0.1) is 0 Å². The fraction of sp³-hybridized carbons (Fsp3) is 0.458. The molecule has 0 spiro atoms. The molecule has 166 valence electrons. The third-order valence-corrected chi connectivity index (χ3v) is 7.66. The van der Waals surface area contributed by atoms with Crippen LogP contribution in [0.15, 0.2) is 24.4 Å². The van der Waals surface area contributed by atoms with Gasteiger partial charge in [-0.2, -0.15) is 10.2 Å². The SMILES string of the molecule is Cn1nc2c(c1-c1cc(Cl)cc(Cl)c1)CC1CCCC2N1C(=O)c1cnn(C)c1C1CC1. The highest BCUT2D eigenvalue weighted by atomic mass is 35.5. The Morgan fingerprint density at radius 1 is 1.03 bits per heavy atom. The number of piperidine rings is 1. The van der Waals surface area contributed by atoms with Crippen molar-refractivity contribution in [3.63, 3.8) is 0 Å². The lowest BCUT2D eigenvalue weighted by Crippen LogP contribution is -2.50. The van der Waals surface area contributed by atoms with Crippen molar-refractivity contribution in [3.8, 4) is 11.3 Å². The van der Waals surface area contributed by atoms with Crippen molar-refractivity contribution in [2.75, 3.05) is 0 Å². The first-order valence-corrected chi connectivity index (χ1v) is 12.0. The highest BCUT2D eigenvalue weighted by molar-refractivity contribution is 6.35. The molecule has 2 fully saturated rings. The number of halogens is 2. The minimum Gasteiger partial charge on any atom is -0.327 e. The number of hydrogen-bond donors (Lipinski definition) is 0. The third-order valence-electron chi connectivity index (χ3n) is 7.23. The van der Waals surface area contributed by atoms with E-state index in [0.29, 0.717) is 16.0 Å². The number of nitrogens with zero attached hydrogens (tertiary/aromatic N) is 5. The molecule has 1 saturated carbocycles. The summed E-state index contributed by atoms with van der Waals surface area (Å²) in [5.41, 5.74) is 6.12. The van der Waals surface area contributed by atoms with E-state index < -0.39 is 0 Å². The van der Waals surface area contributed by atoms with Crippen LogP contribution in [0.4, 0.5) is 0 Å². The van der Waals surface area contributed by atoms with Gasteiger partial charge in [-0.1, -0.05) is 23.2 Å². The number of carbonyl (C=O) groups is 1. The number of amides is 1. The van der Waals surface area contributed by atoms with Gasteiger partial charge >= 0.3 is 0 Å². The summed E-state index contributed by atoms with van der Waals surface area (Å²) in [6, 6.07) is 5.78. The summed E-state index contributed by atoms with van der Waals surface area (Å²) in [7, 11) is 3.91. The molecule has 0 N–H and O–H groups in total. The molecule has 32 heavy (non-hydrogen) atoms. The molecular formula is C24H25Cl2N5O. The van der Waals surface area contributed by atoms with Crippen molar-refractivity contribution in [2.45, 2.75) is 56.5 Å². The first-order valence-electron chi connectivity index (χ1n) is 11.3. The molecule has 2 unspecified atom stereocenters. The molecule has 3 aliphatic rings. The Kier molecular flexibility index (Phi) is 4.67. The smallest absolute Gasteiger partial charge is 0.258 e. The monoisotopic (exact) mass is 469 g/mol. The molecular weight excluding hydrogens is 445 g/mol. The summed E-state index contributed by atoms with van der Waals surface area (Å²) in [5, 5.41) is 10.6. The second-order valence-corrected chi connectivity index (χ2v) is 10.2. The van der Waals surface area contributed by atoms with E-state index in [1.165, 1.54) is 5.56 Å². The first-order chi connectivity index (χ1) is 15.4. The largest absolute Gasteiger partial charge is 0.327 e. The number of fused-ring (bicyclic) bond motifs is 4. The van der Waals surface area contributed by atoms with Crippen molar-refractivity contribution < 1.29 is 4.79 Å². The summed E-state index contributed by atoms with van der Waals surface area (Å²) in [6.45, 7) is 0. The zero-order valence-electron chi connectivity index (χ0n) is 18.2. The number of aryl methyl sites for hydroxylation is 2. The Labute approximate surface area is 197 Å². The lowest BCUT2D eigenvalue weighted by atomic mass is 9.81. The maximum absolute atomic E-state index is 13.8. The summed E-state index contributed by atoms with van der Waals surface area (Å²) in [5.74, 6) is 0.578. The fourth-order valence-electron chi connectivity index (χ4n) is 5.79. The van der Waals surface area contributed by atoms with E-state index in [-0.39, 0.29) is 18.0 Å². The molecule has 4 heterocycles. The number of benzene rings is 1. The highest BCUT2D eigenvalue weighted by Gasteiger charge is 2.45. The topological polar surface area (TPSA) is 56.0 Å². The van der Waals surface area contributed by atoms with Crippen LogP contribution >= 0.6 is 23.2 Å². The molecule has 1 amide bonds. The molecule has 2 aromatic heterocycles.